The molecule has 6 heteroatoms. The lowest BCUT2D eigenvalue weighted by molar-refractivity contribution is -0.153. The summed E-state index contributed by atoms with van der Waals surface area (Å²) in [6.07, 6.45) is 7.68. The van der Waals surface area contributed by atoms with E-state index in [1.54, 1.807) is 11.1 Å². The highest BCUT2D eigenvalue weighted by Crippen LogP contribution is 2.34. The van der Waals surface area contributed by atoms with Crippen molar-refractivity contribution in [3.05, 3.63) is 41.6 Å². The summed E-state index contributed by atoms with van der Waals surface area (Å²) < 4.78 is 4.97. The first kappa shape index (κ1) is 19.1. The van der Waals surface area contributed by atoms with Gasteiger partial charge in [0, 0.05) is 13.1 Å². The van der Waals surface area contributed by atoms with Gasteiger partial charge in [-0.3, -0.25) is 9.59 Å². The molecule has 0 spiro atoms. The van der Waals surface area contributed by atoms with E-state index in [4.69, 9.17) is 4.74 Å². The Morgan fingerprint density at radius 1 is 1.19 bits per heavy atom. The Bertz CT molecular complexity index is 765. The van der Waals surface area contributed by atoms with Crippen LogP contribution in [0.15, 0.2) is 30.5 Å². The zero-order valence-corrected chi connectivity index (χ0v) is 15.9. The number of benzene rings is 1. The second kappa shape index (κ2) is 7.94. The van der Waals surface area contributed by atoms with E-state index in [0.29, 0.717) is 12.8 Å². The van der Waals surface area contributed by atoms with Gasteiger partial charge in [0.05, 0.1) is 19.6 Å². The molecule has 1 atom stereocenters. The van der Waals surface area contributed by atoms with Gasteiger partial charge in [0.25, 0.3) is 0 Å². The van der Waals surface area contributed by atoms with Crippen LogP contribution in [0.3, 0.4) is 0 Å². The Hall–Kier alpha value is -2.63. The van der Waals surface area contributed by atoms with Crippen LogP contribution in [0.4, 0.5) is 0 Å². The molecule has 1 aliphatic carbocycles. The lowest BCUT2D eigenvalue weighted by atomic mass is 9.81. The topological polar surface area (TPSA) is 75.7 Å². The average molecular weight is 370 g/mol. The fourth-order valence-corrected chi connectivity index (χ4v) is 4.14. The maximum absolute atomic E-state index is 12.9. The summed E-state index contributed by atoms with van der Waals surface area (Å²) in [5.74, 6) is -0.759. The van der Waals surface area contributed by atoms with Gasteiger partial charge in [-0.2, -0.15) is 0 Å². The normalized spacial score (nSPS) is 20.5. The van der Waals surface area contributed by atoms with Crippen LogP contribution in [0.25, 0.3) is 6.08 Å². The van der Waals surface area contributed by atoms with Gasteiger partial charge in [-0.05, 0) is 30.0 Å². The SMILES string of the molecule is COC(=O)C1(NC(=O)CC2c3ccccc3C=CN2C(C)=O)CCCCC1. The van der Waals surface area contributed by atoms with E-state index in [2.05, 4.69) is 5.32 Å². The van der Waals surface area contributed by atoms with E-state index in [0.717, 1.165) is 30.4 Å². The Kier molecular flexibility index (Phi) is 5.63. The summed E-state index contributed by atoms with van der Waals surface area (Å²) >= 11 is 0. The molecule has 3 rings (SSSR count). The zero-order chi connectivity index (χ0) is 19.4. The van der Waals surface area contributed by atoms with Crippen LogP contribution < -0.4 is 5.32 Å². The summed E-state index contributed by atoms with van der Waals surface area (Å²) in [6, 6.07) is 7.34. The average Bonchev–Trinajstić information content (AvgIpc) is 2.68. The predicted molar refractivity (Wildman–Crippen MR) is 101 cm³/mol. The molecule has 1 saturated carbocycles. The monoisotopic (exact) mass is 370 g/mol. The van der Waals surface area contributed by atoms with Gasteiger partial charge in [0.2, 0.25) is 11.8 Å². The minimum atomic E-state index is -0.949. The molecule has 6 nitrogen and oxygen atoms in total. The number of nitrogens with zero attached hydrogens (tertiary/aromatic N) is 1. The van der Waals surface area contributed by atoms with Gasteiger partial charge in [-0.15, -0.1) is 0 Å². The minimum absolute atomic E-state index is 0.0969. The molecule has 1 aliphatic heterocycles. The number of rotatable bonds is 4. The number of hydrogen-bond acceptors (Lipinski definition) is 4. The van der Waals surface area contributed by atoms with Gasteiger partial charge in [-0.25, -0.2) is 4.79 Å². The van der Waals surface area contributed by atoms with Crippen molar-refractivity contribution < 1.29 is 19.1 Å². The molecule has 0 radical (unpaired) electrons. The number of carbonyl (C=O) groups excluding carboxylic acids is 3. The molecule has 1 aromatic rings. The van der Waals surface area contributed by atoms with Crippen molar-refractivity contribution in [2.75, 3.05) is 7.11 Å². The first-order valence-corrected chi connectivity index (χ1v) is 9.42. The quantitative estimate of drug-likeness (QED) is 0.827. The smallest absolute Gasteiger partial charge is 0.331 e. The van der Waals surface area contributed by atoms with Crippen LogP contribution in [-0.2, 0) is 19.1 Å². The van der Waals surface area contributed by atoms with E-state index in [1.807, 2.05) is 30.3 Å². The van der Waals surface area contributed by atoms with Gasteiger partial charge >= 0.3 is 5.97 Å². The molecule has 2 amide bonds. The van der Waals surface area contributed by atoms with E-state index in [-0.39, 0.29) is 30.2 Å². The third-order valence-electron chi connectivity index (χ3n) is 5.51. The second-order valence-electron chi connectivity index (χ2n) is 7.27. The lowest BCUT2D eigenvalue weighted by Crippen LogP contribution is -2.56. The number of methoxy groups -OCH3 is 1. The minimum Gasteiger partial charge on any atom is -0.467 e. The van der Waals surface area contributed by atoms with Gasteiger partial charge < -0.3 is 15.0 Å². The molecule has 27 heavy (non-hydrogen) atoms. The molecular formula is C21H26N2O4. The summed E-state index contributed by atoms with van der Waals surface area (Å²) in [6.45, 7) is 1.49. The van der Waals surface area contributed by atoms with Gasteiger partial charge in [0.1, 0.15) is 5.54 Å². The van der Waals surface area contributed by atoms with E-state index in [1.165, 1.54) is 14.0 Å². The summed E-state index contributed by atoms with van der Waals surface area (Å²) in [5, 5.41) is 2.95. The van der Waals surface area contributed by atoms with Crippen molar-refractivity contribution >= 4 is 23.9 Å². The number of amides is 2. The summed E-state index contributed by atoms with van der Waals surface area (Å²) in [4.78, 5) is 38.9. The van der Waals surface area contributed by atoms with Crippen LogP contribution in [-0.4, -0.2) is 35.3 Å². The molecule has 144 valence electrons. The van der Waals surface area contributed by atoms with E-state index < -0.39 is 5.54 Å². The number of fused-ring (bicyclic) bond motifs is 1. The molecule has 0 aromatic heterocycles. The predicted octanol–water partition coefficient (Wildman–Crippen LogP) is 2.94. The summed E-state index contributed by atoms with van der Waals surface area (Å²) in [7, 11) is 1.35. The Morgan fingerprint density at radius 3 is 2.56 bits per heavy atom. The summed E-state index contributed by atoms with van der Waals surface area (Å²) in [5.41, 5.74) is 0.976. The highest BCUT2D eigenvalue weighted by molar-refractivity contribution is 5.89. The largest absolute Gasteiger partial charge is 0.467 e. The number of ether oxygens (including phenoxy) is 1. The first-order valence-electron chi connectivity index (χ1n) is 9.42. The van der Waals surface area contributed by atoms with Gasteiger partial charge in [0.15, 0.2) is 0 Å². The number of carbonyl (C=O) groups is 3. The molecular weight excluding hydrogens is 344 g/mol. The first-order chi connectivity index (χ1) is 13.0. The highest BCUT2D eigenvalue weighted by Gasteiger charge is 2.42. The molecule has 0 saturated heterocycles. The van der Waals surface area contributed by atoms with Crippen LogP contribution in [0, 0.1) is 0 Å². The molecule has 2 aliphatic rings. The van der Waals surface area contributed by atoms with Crippen LogP contribution in [0.5, 0.6) is 0 Å². The Balaban J connectivity index is 1.81. The van der Waals surface area contributed by atoms with Gasteiger partial charge in [-0.1, -0.05) is 43.5 Å². The van der Waals surface area contributed by atoms with Crippen LogP contribution in [0.2, 0.25) is 0 Å². The number of nitrogens with one attached hydrogen (secondary N) is 1. The molecule has 1 N–H and O–H groups in total. The second-order valence-corrected chi connectivity index (χ2v) is 7.27. The molecule has 0 bridgehead atoms. The van der Waals surface area contributed by atoms with Crippen molar-refractivity contribution in [2.24, 2.45) is 0 Å². The fraction of sp³-hybridized carbons (Fsp3) is 0.476. The third-order valence-corrected chi connectivity index (χ3v) is 5.51. The Morgan fingerprint density at radius 2 is 1.89 bits per heavy atom. The molecule has 1 fully saturated rings. The number of esters is 1. The lowest BCUT2D eigenvalue weighted by Gasteiger charge is -2.37. The zero-order valence-electron chi connectivity index (χ0n) is 15.9. The Labute approximate surface area is 159 Å². The maximum Gasteiger partial charge on any atom is 0.331 e. The standard InChI is InChI=1S/C21H26N2O4/c1-15(24)23-13-10-16-8-4-5-9-17(16)18(23)14-19(25)22-21(20(26)27-2)11-6-3-7-12-21/h4-5,8-10,13,18H,3,6-7,11-12,14H2,1-2H3,(H,22,25). The van der Waals surface area contributed by atoms with E-state index >= 15 is 0 Å². The van der Waals surface area contributed by atoms with Crippen LogP contribution >= 0.6 is 0 Å². The third kappa shape index (κ3) is 3.89. The van der Waals surface area contributed by atoms with Crippen LogP contribution in [0.1, 0.15) is 62.6 Å². The van der Waals surface area contributed by atoms with Crippen molar-refractivity contribution in [3.63, 3.8) is 0 Å². The fourth-order valence-electron chi connectivity index (χ4n) is 4.14. The molecule has 1 unspecified atom stereocenters. The van der Waals surface area contributed by atoms with Crippen molar-refractivity contribution in [3.8, 4) is 0 Å². The molecule has 1 aromatic carbocycles. The molecule has 1 heterocycles. The van der Waals surface area contributed by atoms with Crippen molar-refractivity contribution in [2.45, 2.75) is 57.0 Å². The number of hydrogen-bond donors (Lipinski definition) is 1. The maximum atomic E-state index is 12.9. The van der Waals surface area contributed by atoms with Crippen molar-refractivity contribution in [1.29, 1.82) is 0 Å². The highest BCUT2D eigenvalue weighted by atomic mass is 16.5. The van der Waals surface area contributed by atoms with E-state index in [9.17, 15) is 14.4 Å². The van der Waals surface area contributed by atoms with Crippen molar-refractivity contribution in [1.82, 2.24) is 10.2 Å².